The van der Waals surface area contributed by atoms with E-state index in [9.17, 15) is 35.4 Å². The van der Waals surface area contributed by atoms with Gasteiger partial charge in [0.05, 0.1) is 24.7 Å². The molecule has 0 amide bonds. The number of carbonyl (C=O) groups excluding carboxylic acids is 1. The smallest absolute Gasteiger partial charge is 0.338 e. The van der Waals surface area contributed by atoms with E-state index in [4.69, 9.17) is 28.4 Å². The molecule has 8 rings (SSSR count). The van der Waals surface area contributed by atoms with Gasteiger partial charge in [-0.05, 0) is 31.5 Å². The van der Waals surface area contributed by atoms with Gasteiger partial charge in [-0.3, -0.25) is 0 Å². The molecule has 4 heterocycles. The van der Waals surface area contributed by atoms with Gasteiger partial charge in [0.15, 0.2) is 29.9 Å². The molecular weight excluding hydrogens is 496 g/mol. The van der Waals surface area contributed by atoms with Crippen molar-refractivity contribution in [3.05, 3.63) is 23.8 Å². The predicted molar refractivity (Wildman–Crippen MR) is 117 cm³/mol. The van der Waals surface area contributed by atoms with Gasteiger partial charge in [-0.25, -0.2) is 4.79 Å². The number of aliphatic hydroxyl groups is 5. The standard InChI is InChI=1S/C24H30O13/c1-21-8-23(31)14-6-24(21,22(14,9-25)20(36-21)37-23)35-19-17(29)16(28)15(27)13(34-19)7-33-18(30)10-3-4-11(26)12(5-10)32-2/h3-5,13-17,19-20,25-29,31H,6-9H2,1-2H3/t13-,14+,15-,16+,17-,19+,20-,21+,22+,23-,24-/m1/s1. The summed E-state index contributed by atoms with van der Waals surface area (Å²) in [5.41, 5.74) is -3.31. The molecule has 13 nitrogen and oxygen atoms in total. The van der Waals surface area contributed by atoms with Crippen LogP contribution in [0.4, 0.5) is 0 Å². The molecule has 37 heavy (non-hydrogen) atoms. The number of hydrogen-bond acceptors (Lipinski definition) is 13. The zero-order chi connectivity index (χ0) is 26.5. The van der Waals surface area contributed by atoms with Crippen LogP contribution in [0.25, 0.3) is 0 Å². The molecule has 0 aromatic heterocycles. The lowest BCUT2D eigenvalue weighted by molar-refractivity contribution is -0.424. The van der Waals surface area contributed by atoms with E-state index < -0.39 is 84.5 Å². The van der Waals surface area contributed by atoms with E-state index in [1.54, 1.807) is 6.92 Å². The third-order valence-corrected chi connectivity index (χ3v) is 9.00. The summed E-state index contributed by atoms with van der Waals surface area (Å²) in [6, 6.07) is 3.87. The Morgan fingerprint density at radius 1 is 1.16 bits per heavy atom. The van der Waals surface area contributed by atoms with Crippen molar-refractivity contribution in [2.45, 2.75) is 73.8 Å². The molecule has 6 N–H and O–H groups in total. The van der Waals surface area contributed by atoms with Crippen molar-refractivity contribution >= 4 is 5.97 Å². The summed E-state index contributed by atoms with van der Waals surface area (Å²) in [5.74, 6) is -2.81. The van der Waals surface area contributed by atoms with Crippen LogP contribution >= 0.6 is 0 Å². The second-order valence-electron chi connectivity index (χ2n) is 10.7. The minimum Gasteiger partial charge on any atom is -0.504 e. The molecule has 3 aliphatic carbocycles. The van der Waals surface area contributed by atoms with Gasteiger partial charge in [0.1, 0.15) is 42.2 Å². The van der Waals surface area contributed by atoms with Crippen LogP contribution in [0.5, 0.6) is 11.5 Å². The van der Waals surface area contributed by atoms with Crippen LogP contribution in [0.15, 0.2) is 18.2 Å². The largest absolute Gasteiger partial charge is 0.504 e. The summed E-state index contributed by atoms with van der Waals surface area (Å²) in [6.45, 7) is 0.824. The molecular formula is C24H30O13. The Kier molecular flexibility index (Phi) is 5.44. The van der Waals surface area contributed by atoms with Crippen LogP contribution in [0.1, 0.15) is 30.1 Å². The molecule has 7 aliphatic rings. The second kappa shape index (κ2) is 7.97. The van der Waals surface area contributed by atoms with E-state index in [2.05, 4.69) is 0 Å². The normalized spacial score (nSPS) is 49.1. The zero-order valence-electron chi connectivity index (χ0n) is 20.1. The van der Waals surface area contributed by atoms with E-state index >= 15 is 0 Å². The van der Waals surface area contributed by atoms with Crippen molar-refractivity contribution < 1.29 is 63.9 Å². The SMILES string of the molecule is COc1cc(C(=O)OC[C@H]2O[C@@H](O[C@@]34C[C@H]5[C@@]3(CO)[C@H]3O[C@]5(O)C[C@]4(C)O3)[C@H](O)[C@@H](O)[C@@H]2O)ccc1O. The Morgan fingerprint density at radius 3 is 2.62 bits per heavy atom. The van der Waals surface area contributed by atoms with Gasteiger partial charge < -0.3 is 59.1 Å². The average molecular weight is 526 g/mol. The fourth-order valence-electron chi connectivity index (χ4n) is 7.09. The molecule has 4 aliphatic heterocycles. The summed E-state index contributed by atoms with van der Waals surface area (Å²) in [7, 11) is 1.33. The van der Waals surface area contributed by atoms with Crippen LogP contribution in [-0.2, 0) is 23.7 Å². The van der Waals surface area contributed by atoms with Gasteiger partial charge in [-0.2, -0.15) is 0 Å². The number of hydrogen-bond donors (Lipinski definition) is 6. The van der Waals surface area contributed by atoms with E-state index in [-0.39, 0.29) is 29.9 Å². The Labute approximate surface area is 211 Å². The first kappa shape index (κ1) is 25.2. The highest BCUT2D eigenvalue weighted by molar-refractivity contribution is 5.90. The van der Waals surface area contributed by atoms with E-state index in [0.29, 0.717) is 0 Å². The van der Waals surface area contributed by atoms with Gasteiger partial charge in [-0.1, -0.05) is 0 Å². The third kappa shape index (κ3) is 3.03. The fourth-order valence-corrected chi connectivity index (χ4v) is 7.09. The van der Waals surface area contributed by atoms with Gasteiger partial charge in [0, 0.05) is 12.3 Å². The van der Waals surface area contributed by atoms with Crippen LogP contribution in [0.2, 0.25) is 0 Å². The van der Waals surface area contributed by atoms with Crippen LogP contribution in [0.3, 0.4) is 0 Å². The number of phenolic OH excluding ortho intramolecular Hbond substituents is 1. The molecule has 0 radical (unpaired) electrons. The Morgan fingerprint density at radius 2 is 1.92 bits per heavy atom. The lowest BCUT2D eigenvalue weighted by Crippen LogP contribution is -2.80. The van der Waals surface area contributed by atoms with Gasteiger partial charge in [-0.15, -0.1) is 0 Å². The topological polar surface area (TPSA) is 194 Å². The minimum atomic E-state index is -1.70. The summed E-state index contributed by atoms with van der Waals surface area (Å²) >= 11 is 0. The molecule has 3 saturated carbocycles. The Bertz CT molecular complexity index is 1110. The first-order valence-electron chi connectivity index (χ1n) is 12.1. The monoisotopic (exact) mass is 526 g/mol. The maximum atomic E-state index is 12.5. The number of carbonyl (C=O) groups is 1. The summed E-state index contributed by atoms with van der Waals surface area (Å²) in [6.07, 6.45) is -8.31. The molecule has 0 spiro atoms. The molecule has 13 heteroatoms. The number of methoxy groups -OCH3 is 1. The highest BCUT2D eigenvalue weighted by Crippen LogP contribution is 2.81. The maximum Gasteiger partial charge on any atom is 0.338 e. The minimum absolute atomic E-state index is 0.0654. The van der Waals surface area contributed by atoms with Crippen molar-refractivity contribution in [3.63, 3.8) is 0 Å². The van der Waals surface area contributed by atoms with Crippen molar-refractivity contribution in [2.75, 3.05) is 20.3 Å². The van der Waals surface area contributed by atoms with Crippen molar-refractivity contribution in [1.29, 1.82) is 0 Å². The number of aromatic hydroxyl groups is 1. The number of benzene rings is 1. The molecule has 204 valence electrons. The van der Waals surface area contributed by atoms with Crippen LogP contribution in [-0.4, -0.2) is 111 Å². The van der Waals surface area contributed by atoms with Crippen molar-refractivity contribution in [3.8, 4) is 11.5 Å². The number of esters is 1. The van der Waals surface area contributed by atoms with E-state index in [1.807, 2.05) is 0 Å². The third-order valence-electron chi connectivity index (χ3n) is 9.00. The molecule has 6 bridgehead atoms. The Hall–Kier alpha value is -2.07. The number of phenols is 1. The van der Waals surface area contributed by atoms with E-state index in [1.165, 1.54) is 25.3 Å². The highest BCUT2D eigenvalue weighted by atomic mass is 16.8. The first-order chi connectivity index (χ1) is 17.4. The van der Waals surface area contributed by atoms with Crippen molar-refractivity contribution in [2.24, 2.45) is 11.3 Å². The second-order valence-corrected chi connectivity index (χ2v) is 10.7. The van der Waals surface area contributed by atoms with E-state index in [0.717, 1.165) is 0 Å². The molecule has 11 atom stereocenters. The average Bonchev–Trinajstić information content (AvgIpc) is 3.05. The van der Waals surface area contributed by atoms with Gasteiger partial charge in [0.2, 0.25) is 0 Å². The number of aliphatic hydroxyl groups excluding tert-OH is 4. The predicted octanol–water partition coefficient (Wildman–Crippen LogP) is -1.64. The molecule has 1 aromatic rings. The summed E-state index contributed by atoms with van der Waals surface area (Å²) < 4.78 is 34.1. The van der Waals surface area contributed by atoms with Gasteiger partial charge >= 0.3 is 5.97 Å². The van der Waals surface area contributed by atoms with Crippen LogP contribution in [0, 0.1) is 11.3 Å². The van der Waals surface area contributed by atoms with Gasteiger partial charge in [0.25, 0.3) is 0 Å². The summed E-state index contributed by atoms with van der Waals surface area (Å²) in [4.78, 5) is 12.5. The molecule has 1 aromatic carbocycles. The zero-order valence-corrected chi connectivity index (χ0v) is 20.1. The Balaban J connectivity index is 1.19. The van der Waals surface area contributed by atoms with Crippen LogP contribution < -0.4 is 4.74 Å². The van der Waals surface area contributed by atoms with Crippen molar-refractivity contribution in [1.82, 2.24) is 0 Å². The quantitative estimate of drug-likeness (QED) is 0.222. The lowest BCUT2D eigenvalue weighted by atomic mass is 9.41. The fraction of sp³-hybridized carbons (Fsp3) is 0.708. The summed E-state index contributed by atoms with van der Waals surface area (Å²) in [5, 5.41) is 62.8. The highest BCUT2D eigenvalue weighted by Gasteiger charge is 2.94. The molecule has 7 fully saturated rings. The number of rotatable bonds is 7. The first-order valence-corrected chi connectivity index (χ1v) is 12.1. The maximum absolute atomic E-state index is 12.5. The number of ether oxygens (including phenoxy) is 6. The lowest BCUT2D eigenvalue weighted by Gasteiger charge is -2.67. The molecule has 0 unspecified atom stereocenters. The molecule has 4 saturated heterocycles.